The van der Waals surface area contributed by atoms with Crippen LogP contribution in [-0.4, -0.2) is 37.5 Å². The number of benzene rings is 2. The summed E-state index contributed by atoms with van der Waals surface area (Å²) in [5, 5.41) is 0.446. The van der Waals surface area contributed by atoms with E-state index >= 15 is 0 Å². The summed E-state index contributed by atoms with van der Waals surface area (Å²) in [5.41, 5.74) is 1.72. The van der Waals surface area contributed by atoms with Gasteiger partial charge in [0.05, 0.1) is 47.8 Å². The largest absolute Gasteiger partial charge is 0.497 e. The Balaban J connectivity index is 1.96. The van der Waals surface area contributed by atoms with Crippen molar-refractivity contribution in [1.82, 2.24) is 4.57 Å². The van der Waals surface area contributed by atoms with Crippen molar-refractivity contribution in [3.8, 4) is 17.2 Å². The lowest BCUT2D eigenvalue weighted by molar-refractivity contribution is -0.143. The molecule has 1 aliphatic rings. The Bertz CT molecular complexity index is 1590. The fraction of sp³-hybridized carbons (Fsp3) is 0.321. The summed E-state index contributed by atoms with van der Waals surface area (Å²) in [6, 6.07) is 9.75. The van der Waals surface area contributed by atoms with Crippen LogP contribution in [0.1, 0.15) is 44.9 Å². The van der Waals surface area contributed by atoms with E-state index in [1.165, 1.54) is 23.0 Å². The minimum absolute atomic E-state index is 0.258. The number of methoxy groups -OCH3 is 2. The van der Waals surface area contributed by atoms with E-state index in [1.54, 1.807) is 64.3 Å². The maximum absolute atomic E-state index is 13.9. The molecule has 10 heteroatoms. The summed E-state index contributed by atoms with van der Waals surface area (Å²) in [6.45, 7) is 7.65. The maximum Gasteiger partial charge on any atom is 0.338 e. The molecule has 0 N–H and O–H groups in total. The molecule has 200 valence electrons. The summed E-state index contributed by atoms with van der Waals surface area (Å²) in [7, 11) is 3.08. The van der Waals surface area contributed by atoms with Crippen molar-refractivity contribution in [3.05, 3.63) is 83.5 Å². The first-order valence-corrected chi connectivity index (χ1v) is 13.3. The smallest absolute Gasteiger partial charge is 0.338 e. The highest BCUT2D eigenvalue weighted by molar-refractivity contribution is 7.07. The van der Waals surface area contributed by atoms with Crippen molar-refractivity contribution < 1.29 is 23.7 Å². The van der Waals surface area contributed by atoms with Gasteiger partial charge in [-0.25, -0.2) is 9.79 Å². The zero-order valence-corrected chi connectivity index (χ0v) is 23.6. The van der Waals surface area contributed by atoms with E-state index in [0.29, 0.717) is 49.5 Å². The number of carbonyl (C=O) groups is 1. The van der Waals surface area contributed by atoms with Crippen LogP contribution in [0.3, 0.4) is 0 Å². The standard InChI is InChI=1S/C28H29ClN2O6S/c1-7-36-22-10-8-17(12-20(22)29)13-23-26(32)31-25(19-14-18(34-5)9-11-21(19)35-6)24(27(33)37-15(2)3)16(4)30-28(31)38-23/h8-15,25H,7H2,1-6H3/b23-13-/t25-/m0/s1. The van der Waals surface area contributed by atoms with Gasteiger partial charge < -0.3 is 18.9 Å². The Hall–Kier alpha value is -3.56. The number of hydrogen-bond donors (Lipinski definition) is 0. The molecule has 0 fully saturated rings. The lowest BCUT2D eigenvalue weighted by Gasteiger charge is -2.26. The molecule has 0 radical (unpaired) electrons. The number of nitrogens with zero attached hydrogens (tertiary/aromatic N) is 2. The van der Waals surface area contributed by atoms with Crippen LogP contribution >= 0.6 is 22.9 Å². The maximum atomic E-state index is 13.9. The van der Waals surface area contributed by atoms with Crippen molar-refractivity contribution in [3.63, 3.8) is 0 Å². The lowest BCUT2D eigenvalue weighted by atomic mass is 9.94. The highest BCUT2D eigenvalue weighted by Crippen LogP contribution is 2.38. The minimum atomic E-state index is -0.839. The second kappa shape index (κ2) is 11.4. The molecule has 1 atom stereocenters. The van der Waals surface area contributed by atoms with E-state index < -0.39 is 12.0 Å². The number of thiazole rings is 1. The number of halogens is 1. The number of esters is 1. The molecule has 8 nitrogen and oxygen atoms in total. The fourth-order valence-electron chi connectivity index (χ4n) is 4.24. The number of hydrogen-bond acceptors (Lipinski definition) is 8. The molecule has 0 spiro atoms. The van der Waals surface area contributed by atoms with E-state index in [0.717, 1.165) is 5.56 Å². The number of rotatable bonds is 8. The van der Waals surface area contributed by atoms with Crippen LogP contribution in [0.4, 0.5) is 0 Å². The Morgan fingerprint density at radius 3 is 2.53 bits per heavy atom. The van der Waals surface area contributed by atoms with Crippen molar-refractivity contribution >= 4 is 35.0 Å². The Morgan fingerprint density at radius 2 is 1.89 bits per heavy atom. The van der Waals surface area contributed by atoms with Crippen molar-refractivity contribution in [1.29, 1.82) is 0 Å². The molecule has 1 aliphatic heterocycles. The topological polar surface area (TPSA) is 88.3 Å². The summed E-state index contributed by atoms with van der Waals surface area (Å²) in [4.78, 5) is 32.3. The average Bonchev–Trinajstić information content (AvgIpc) is 3.18. The van der Waals surface area contributed by atoms with Crippen LogP contribution in [0, 0.1) is 0 Å². The molecule has 2 aromatic carbocycles. The predicted molar refractivity (Wildman–Crippen MR) is 147 cm³/mol. The minimum Gasteiger partial charge on any atom is -0.497 e. The normalized spacial score (nSPS) is 15.3. The van der Waals surface area contributed by atoms with Gasteiger partial charge >= 0.3 is 5.97 Å². The second-order valence-corrected chi connectivity index (χ2v) is 10.2. The van der Waals surface area contributed by atoms with Gasteiger partial charge in [-0.3, -0.25) is 9.36 Å². The highest BCUT2D eigenvalue weighted by Gasteiger charge is 2.35. The fourth-order valence-corrected chi connectivity index (χ4v) is 5.53. The molecule has 4 rings (SSSR count). The van der Waals surface area contributed by atoms with Gasteiger partial charge in [0.15, 0.2) is 4.80 Å². The van der Waals surface area contributed by atoms with Gasteiger partial charge in [0.25, 0.3) is 5.56 Å². The van der Waals surface area contributed by atoms with Gasteiger partial charge in [0.2, 0.25) is 0 Å². The van der Waals surface area contributed by atoms with Crippen molar-refractivity contribution in [2.24, 2.45) is 4.99 Å². The number of allylic oxidation sites excluding steroid dienone is 1. The van der Waals surface area contributed by atoms with E-state index in [1.807, 2.05) is 13.0 Å². The molecule has 38 heavy (non-hydrogen) atoms. The van der Waals surface area contributed by atoms with Gasteiger partial charge in [-0.15, -0.1) is 0 Å². The third-order valence-electron chi connectivity index (χ3n) is 5.87. The third-order valence-corrected chi connectivity index (χ3v) is 7.15. The van der Waals surface area contributed by atoms with E-state index in [4.69, 9.17) is 30.5 Å². The Morgan fingerprint density at radius 1 is 1.16 bits per heavy atom. The van der Waals surface area contributed by atoms with Crippen LogP contribution in [0.2, 0.25) is 5.02 Å². The molecule has 2 heterocycles. The zero-order valence-electron chi connectivity index (χ0n) is 22.0. The highest BCUT2D eigenvalue weighted by atomic mass is 35.5. The first kappa shape index (κ1) is 27.5. The van der Waals surface area contributed by atoms with Crippen LogP contribution < -0.4 is 29.1 Å². The lowest BCUT2D eigenvalue weighted by Crippen LogP contribution is -2.40. The van der Waals surface area contributed by atoms with Crippen LogP contribution in [0.15, 0.2) is 57.5 Å². The number of ether oxygens (including phenoxy) is 4. The quantitative estimate of drug-likeness (QED) is 0.385. The van der Waals surface area contributed by atoms with Gasteiger partial charge in [-0.1, -0.05) is 29.0 Å². The van der Waals surface area contributed by atoms with E-state index in [9.17, 15) is 9.59 Å². The Labute approximate surface area is 229 Å². The number of aromatic nitrogens is 1. The summed E-state index contributed by atoms with van der Waals surface area (Å²) >= 11 is 7.59. The van der Waals surface area contributed by atoms with Gasteiger partial charge in [0, 0.05) is 5.56 Å². The van der Waals surface area contributed by atoms with E-state index in [2.05, 4.69) is 4.99 Å². The Kier molecular flexibility index (Phi) is 8.28. The van der Waals surface area contributed by atoms with Crippen LogP contribution in [0.25, 0.3) is 6.08 Å². The van der Waals surface area contributed by atoms with Gasteiger partial charge in [-0.2, -0.15) is 0 Å². The van der Waals surface area contributed by atoms with Crippen LogP contribution in [0.5, 0.6) is 17.2 Å². The summed E-state index contributed by atoms with van der Waals surface area (Å²) in [6.07, 6.45) is 1.39. The molecular weight excluding hydrogens is 528 g/mol. The second-order valence-electron chi connectivity index (χ2n) is 8.77. The van der Waals surface area contributed by atoms with E-state index in [-0.39, 0.29) is 17.2 Å². The SMILES string of the molecule is CCOc1ccc(/C=c2\sc3n(c2=O)[C@@H](c2cc(OC)ccc2OC)C(C(=O)OC(C)C)=C(C)N=3)cc1Cl. The van der Waals surface area contributed by atoms with Crippen molar-refractivity contribution in [2.45, 2.75) is 39.8 Å². The van der Waals surface area contributed by atoms with Crippen LogP contribution in [-0.2, 0) is 9.53 Å². The molecular formula is C28H29ClN2O6S. The molecule has 3 aromatic rings. The zero-order chi connectivity index (χ0) is 27.6. The molecule has 0 aliphatic carbocycles. The molecule has 0 amide bonds. The monoisotopic (exact) mass is 556 g/mol. The summed E-state index contributed by atoms with van der Waals surface area (Å²) in [5.74, 6) is 1.07. The first-order chi connectivity index (χ1) is 18.2. The van der Waals surface area contributed by atoms with Gasteiger partial charge in [0.1, 0.15) is 23.3 Å². The molecule has 1 aromatic heterocycles. The summed E-state index contributed by atoms with van der Waals surface area (Å²) < 4.78 is 24.1. The first-order valence-electron chi connectivity index (χ1n) is 12.1. The van der Waals surface area contributed by atoms with Crippen molar-refractivity contribution in [2.75, 3.05) is 20.8 Å². The van der Waals surface area contributed by atoms with Gasteiger partial charge in [-0.05, 0) is 69.7 Å². The third kappa shape index (κ3) is 5.35. The predicted octanol–water partition coefficient (Wildman–Crippen LogP) is 4.26. The molecule has 0 bridgehead atoms. The molecule has 0 unspecified atom stereocenters. The average molecular weight is 557 g/mol. The molecule has 0 saturated carbocycles. The number of carbonyl (C=O) groups excluding carboxylic acids is 1. The molecule has 0 saturated heterocycles. The number of fused-ring (bicyclic) bond motifs is 1.